The molecule has 0 fully saturated rings. The molecule has 9 heteroatoms. The summed E-state index contributed by atoms with van der Waals surface area (Å²) in [5.41, 5.74) is 1.57. The number of nitrogens with one attached hydrogen (secondary N) is 1. The van der Waals surface area contributed by atoms with E-state index in [0.717, 1.165) is 28.1 Å². The van der Waals surface area contributed by atoms with Gasteiger partial charge in [-0.3, -0.25) is 0 Å². The zero-order chi connectivity index (χ0) is 25.2. The molecule has 188 valence electrons. The smallest absolute Gasteiger partial charge is 0.163 e. The van der Waals surface area contributed by atoms with Crippen LogP contribution in [0.3, 0.4) is 0 Å². The SMILES string of the molecule is COCCOc1cc2ncnc(Nc3ccc(Oc4ccc(OC)cc4)cc3)c2cc1OCCOC. The molecule has 0 spiro atoms. The predicted octanol–water partition coefficient (Wildman–Crippen LogP) is 5.22. The summed E-state index contributed by atoms with van der Waals surface area (Å²) >= 11 is 0. The van der Waals surface area contributed by atoms with Gasteiger partial charge in [-0.2, -0.15) is 0 Å². The van der Waals surface area contributed by atoms with Gasteiger partial charge in [-0.1, -0.05) is 0 Å². The molecule has 4 aromatic rings. The minimum atomic E-state index is 0.384. The van der Waals surface area contributed by atoms with Crippen LogP contribution >= 0.6 is 0 Å². The Hall–Kier alpha value is -4.08. The number of methoxy groups -OCH3 is 3. The first-order valence-corrected chi connectivity index (χ1v) is 11.4. The molecule has 36 heavy (non-hydrogen) atoms. The van der Waals surface area contributed by atoms with E-state index < -0.39 is 0 Å². The molecular weight excluding hydrogens is 462 g/mol. The van der Waals surface area contributed by atoms with E-state index in [2.05, 4.69) is 15.3 Å². The second kappa shape index (κ2) is 12.6. The van der Waals surface area contributed by atoms with Crippen molar-refractivity contribution in [3.63, 3.8) is 0 Å². The summed E-state index contributed by atoms with van der Waals surface area (Å²) in [7, 11) is 4.89. The van der Waals surface area contributed by atoms with Crippen molar-refractivity contribution in [3.05, 3.63) is 67.0 Å². The first-order chi connectivity index (χ1) is 17.7. The Morgan fingerprint density at radius 1 is 0.667 bits per heavy atom. The summed E-state index contributed by atoms with van der Waals surface area (Å²) in [6.45, 7) is 1.69. The van der Waals surface area contributed by atoms with Crippen LogP contribution in [0.15, 0.2) is 67.0 Å². The topological polar surface area (TPSA) is 93.2 Å². The van der Waals surface area contributed by atoms with Gasteiger partial charge in [0, 0.05) is 31.4 Å². The molecule has 0 unspecified atom stereocenters. The van der Waals surface area contributed by atoms with Gasteiger partial charge in [-0.15, -0.1) is 0 Å². The molecule has 1 aromatic heterocycles. The lowest BCUT2D eigenvalue weighted by Crippen LogP contribution is -2.09. The highest BCUT2D eigenvalue weighted by molar-refractivity contribution is 5.93. The van der Waals surface area contributed by atoms with Crippen molar-refractivity contribution in [2.75, 3.05) is 53.1 Å². The number of anilines is 2. The molecule has 1 heterocycles. The van der Waals surface area contributed by atoms with Gasteiger partial charge in [0.15, 0.2) is 11.5 Å². The van der Waals surface area contributed by atoms with Gasteiger partial charge in [0.25, 0.3) is 0 Å². The molecule has 0 atom stereocenters. The third kappa shape index (κ3) is 6.53. The van der Waals surface area contributed by atoms with E-state index in [9.17, 15) is 0 Å². The average Bonchev–Trinajstić information content (AvgIpc) is 2.91. The minimum absolute atomic E-state index is 0.384. The number of fused-ring (bicyclic) bond motifs is 1. The maximum absolute atomic E-state index is 5.91. The third-order valence-electron chi connectivity index (χ3n) is 5.20. The third-order valence-corrected chi connectivity index (χ3v) is 5.20. The molecule has 0 amide bonds. The lowest BCUT2D eigenvalue weighted by Gasteiger charge is -2.15. The Bertz CT molecular complexity index is 1250. The fraction of sp³-hybridized carbons (Fsp3) is 0.259. The molecule has 0 saturated carbocycles. The van der Waals surface area contributed by atoms with Crippen LogP contribution in [0.2, 0.25) is 0 Å². The zero-order valence-electron chi connectivity index (χ0n) is 20.5. The molecule has 0 aliphatic carbocycles. The summed E-state index contributed by atoms with van der Waals surface area (Å²) in [5.74, 6) is 4.02. The van der Waals surface area contributed by atoms with E-state index in [1.807, 2.05) is 60.7 Å². The number of hydrogen-bond donors (Lipinski definition) is 1. The molecule has 9 nitrogen and oxygen atoms in total. The summed E-state index contributed by atoms with van der Waals surface area (Å²) in [4.78, 5) is 8.86. The summed E-state index contributed by atoms with van der Waals surface area (Å²) < 4.78 is 33.1. The maximum atomic E-state index is 5.91. The number of ether oxygens (including phenoxy) is 6. The van der Waals surface area contributed by atoms with Crippen LogP contribution < -0.4 is 24.3 Å². The number of hydrogen-bond acceptors (Lipinski definition) is 9. The first kappa shape index (κ1) is 25.0. The Morgan fingerprint density at radius 2 is 1.25 bits per heavy atom. The second-order valence-corrected chi connectivity index (χ2v) is 7.65. The molecule has 0 radical (unpaired) electrons. The highest BCUT2D eigenvalue weighted by Crippen LogP contribution is 2.35. The molecule has 0 aliphatic rings. The fourth-order valence-electron chi connectivity index (χ4n) is 3.38. The molecule has 0 bridgehead atoms. The summed E-state index contributed by atoms with van der Waals surface area (Å²) in [5, 5.41) is 4.15. The van der Waals surface area contributed by atoms with E-state index in [4.69, 9.17) is 28.4 Å². The van der Waals surface area contributed by atoms with Gasteiger partial charge in [-0.05, 0) is 54.6 Å². The van der Waals surface area contributed by atoms with E-state index in [0.29, 0.717) is 49.5 Å². The van der Waals surface area contributed by atoms with Gasteiger partial charge in [0.2, 0.25) is 0 Å². The van der Waals surface area contributed by atoms with Crippen molar-refractivity contribution in [1.82, 2.24) is 9.97 Å². The van der Waals surface area contributed by atoms with Gasteiger partial charge < -0.3 is 33.7 Å². The van der Waals surface area contributed by atoms with Crippen LogP contribution in [0.1, 0.15) is 0 Å². The minimum Gasteiger partial charge on any atom is -0.497 e. The van der Waals surface area contributed by atoms with E-state index in [1.54, 1.807) is 21.3 Å². The Morgan fingerprint density at radius 3 is 1.86 bits per heavy atom. The molecule has 0 saturated heterocycles. The highest BCUT2D eigenvalue weighted by Gasteiger charge is 2.13. The zero-order valence-corrected chi connectivity index (χ0v) is 20.5. The Kier molecular flexibility index (Phi) is 8.74. The predicted molar refractivity (Wildman–Crippen MR) is 137 cm³/mol. The molecule has 4 rings (SSSR count). The Labute approximate surface area is 209 Å². The van der Waals surface area contributed by atoms with Gasteiger partial charge in [-0.25, -0.2) is 9.97 Å². The van der Waals surface area contributed by atoms with Crippen LogP contribution in [-0.2, 0) is 9.47 Å². The van der Waals surface area contributed by atoms with Crippen molar-refractivity contribution in [1.29, 1.82) is 0 Å². The molecule has 3 aromatic carbocycles. The number of nitrogens with zero attached hydrogens (tertiary/aromatic N) is 2. The van der Waals surface area contributed by atoms with Crippen LogP contribution in [0.5, 0.6) is 28.7 Å². The lowest BCUT2D eigenvalue weighted by molar-refractivity contribution is 0.132. The van der Waals surface area contributed by atoms with Crippen LogP contribution in [-0.4, -0.2) is 57.7 Å². The molecular formula is C27H29N3O6. The average molecular weight is 492 g/mol. The van der Waals surface area contributed by atoms with Crippen LogP contribution in [0.4, 0.5) is 11.5 Å². The fourth-order valence-corrected chi connectivity index (χ4v) is 3.38. The number of aromatic nitrogens is 2. The van der Waals surface area contributed by atoms with Crippen LogP contribution in [0, 0.1) is 0 Å². The van der Waals surface area contributed by atoms with Gasteiger partial charge >= 0.3 is 0 Å². The van der Waals surface area contributed by atoms with E-state index in [-0.39, 0.29) is 0 Å². The molecule has 0 aliphatic heterocycles. The quantitative estimate of drug-likeness (QED) is 0.253. The van der Waals surface area contributed by atoms with Crippen molar-refractivity contribution in [2.24, 2.45) is 0 Å². The Balaban J connectivity index is 1.53. The highest BCUT2D eigenvalue weighted by atomic mass is 16.5. The number of rotatable bonds is 13. The molecule has 1 N–H and O–H groups in total. The van der Waals surface area contributed by atoms with Crippen molar-refractivity contribution < 1.29 is 28.4 Å². The lowest BCUT2D eigenvalue weighted by atomic mass is 10.2. The van der Waals surface area contributed by atoms with Gasteiger partial charge in [0.05, 0.1) is 25.8 Å². The monoisotopic (exact) mass is 491 g/mol. The van der Waals surface area contributed by atoms with Crippen molar-refractivity contribution in [2.45, 2.75) is 0 Å². The van der Waals surface area contributed by atoms with E-state index >= 15 is 0 Å². The largest absolute Gasteiger partial charge is 0.497 e. The van der Waals surface area contributed by atoms with Crippen molar-refractivity contribution >= 4 is 22.4 Å². The number of benzene rings is 3. The summed E-state index contributed by atoms with van der Waals surface area (Å²) in [6, 6.07) is 18.8. The van der Waals surface area contributed by atoms with E-state index in [1.165, 1.54) is 6.33 Å². The van der Waals surface area contributed by atoms with Crippen LogP contribution in [0.25, 0.3) is 10.9 Å². The first-order valence-electron chi connectivity index (χ1n) is 11.4. The normalized spacial score (nSPS) is 10.8. The van der Waals surface area contributed by atoms with Crippen molar-refractivity contribution in [3.8, 4) is 28.7 Å². The summed E-state index contributed by atoms with van der Waals surface area (Å²) in [6.07, 6.45) is 1.51. The maximum Gasteiger partial charge on any atom is 0.163 e. The van der Waals surface area contributed by atoms with Gasteiger partial charge in [0.1, 0.15) is 42.6 Å². The second-order valence-electron chi connectivity index (χ2n) is 7.65. The standard InChI is InChI=1S/C27H29N3O6/c1-31-12-14-34-25-16-23-24(17-26(25)35-15-13-32-2)28-18-29-27(23)30-19-4-6-21(7-5-19)36-22-10-8-20(33-3)9-11-22/h4-11,16-18H,12-15H2,1-3H3,(H,28,29,30).